The van der Waals surface area contributed by atoms with Crippen LogP contribution < -0.4 is 10.5 Å². The number of rotatable bonds is 1. The number of ether oxygens (including phenoxy) is 1. The maximum Gasteiger partial charge on any atom is 0.409 e. The van der Waals surface area contributed by atoms with Crippen LogP contribution in [0.2, 0.25) is 0 Å². The first-order chi connectivity index (χ1) is 9.04. The Kier molecular flexibility index (Phi) is 4.08. The van der Waals surface area contributed by atoms with Gasteiger partial charge in [0.05, 0.1) is 19.0 Å². The van der Waals surface area contributed by atoms with Gasteiger partial charge in [0.25, 0.3) is 5.56 Å². The van der Waals surface area contributed by atoms with Gasteiger partial charge in [-0.05, 0) is 15.9 Å². The lowest BCUT2D eigenvalue weighted by atomic mass is 10.3. The monoisotopic (exact) mass is 330 g/mol. The number of aromatic nitrogens is 2. The first-order valence-corrected chi connectivity index (χ1v) is 6.63. The summed E-state index contributed by atoms with van der Waals surface area (Å²) >= 11 is 3.30. The zero-order valence-electron chi connectivity index (χ0n) is 10.8. The fourth-order valence-corrected chi connectivity index (χ4v) is 2.59. The number of methoxy groups -OCH3 is 1. The molecule has 0 radical (unpaired) electrons. The van der Waals surface area contributed by atoms with Crippen LogP contribution in [0.15, 0.2) is 15.5 Å². The van der Waals surface area contributed by atoms with Crippen molar-refractivity contribution in [1.29, 1.82) is 0 Å². The number of amides is 1. The molecule has 7 nitrogen and oxygen atoms in total. The molecule has 8 heteroatoms. The second-order valence-electron chi connectivity index (χ2n) is 4.22. The lowest BCUT2D eigenvalue weighted by Gasteiger charge is -2.35. The molecule has 1 aromatic rings. The van der Waals surface area contributed by atoms with Gasteiger partial charge < -0.3 is 14.5 Å². The van der Waals surface area contributed by atoms with Crippen LogP contribution in [0, 0.1) is 0 Å². The maximum absolute atomic E-state index is 11.8. The number of hydrogen-bond donors (Lipinski definition) is 0. The SMILES string of the molecule is COC(=O)N1CCN(c2cnn(C)c(=O)c2Br)CC1. The Labute approximate surface area is 118 Å². The van der Waals surface area contributed by atoms with Gasteiger partial charge in [-0.1, -0.05) is 0 Å². The van der Waals surface area contributed by atoms with Crippen molar-refractivity contribution in [3.8, 4) is 0 Å². The van der Waals surface area contributed by atoms with Crippen LogP contribution in [0.25, 0.3) is 0 Å². The van der Waals surface area contributed by atoms with E-state index in [1.807, 2.05) is 4.90 Å². The summed E-state index contributed by atoms with van der Waals surface area (Å²) in [6.07, 6.45) is 1.33. The van der Waals surface area contributed by atoms with Gasteiger partial charge in [0.1, 0.15) is 4.47 Å². The molecule has 2 heterocycles. The average Bonchev–Trinajstić information content (AvgIpc) is 2.44. The van der Waals surface area contributed by atoms with Gasteiger partial charge in [-0.25, -0.2) is 9.48 Å². The topological polar surface area (TPSA) is 67.7 Å². The van der Waals surface area contributed by atoms with E-state index in [0.717, 1.165) is 5.69 Å². The Morgan fingerprint density at radius 3 is 2.58 bits per heavy atom. The Balaban J connectivity index is 2.12. The molecule has 0 aliphatic carbocycles. The van der Waals surface area contributed by atoms with E-state index in [1.54, 1.807) is 18.1 Å². The first kappa shape index (κ1) is 13.9. The van der Waals surface area contributed by atoms with Crippen LogP contribution in [0.5, 0.6) is 0 Å². The molecule has 19 heavy (non-hydrogen) atoms. The van der Waals surface area contributed by atoms with Crippen LogP contribution >= 0.6 is 15.9 Å². The molecule has 0 spiro atoms. The fraction of sp³-hybridized carbons (Fsp3) is 0.545. The molecule has 0 bridgehead atoms. The van der Waals surface area contributed by atoms with Crippen molar-refractivity contribution in [2.24, 2.45) is 7.05 Å². The van der Waals surface area contributed by atoms with E-state index in [0.29, 0.717) is 30.7 Å². The Bertz CT molecular complexity index is 537. The molecule has 1 aromatic heterocycles. The number of hydrogen-bond acceptors (Lipinski definition) is 5. The summed E-state index contributed by atoms with van der Waals surface area (Å²) < 4.78 is 6.46. The fourth-order valence-electron chi connectivity index (χ4n) is 1.98. The van der Waals surface area contributed by atoms with Gasteiger partial charge in [0.15, 0.2) is 0 Å². The van der Waals surface area contributed by atoms with Crippen molar-refractivity contribution in [1.82, 2.24) is 14.7 Å². The zero-order valence-corrected chi connectivity index (χ0v) is 12.4. The molecular weight excluding hydrogens is 316 g/mol. The van der Waals surface area contributed by atoms with E-state index < -0.39 is 0 Å². The normalized spacial score (nSPS) is 15.5. The molecule has 0 aromatic carbocycles. The lowest BCUT2D eigenvalue weighted by Crippen LogP contribution is -2.49. The smallest absolute Gasteiger partial charge is 0.409 e. The zero-order chi connectivity index (χ0) is 14.0. The number of carbonyl (C=O) groups excluding carboxylic acids is 1. The maximum atomic E-state index is 11.8. The highest BCUT2D eigenvalue weighted by atomic mass is 79.9. The molecule has 0 unspecified atom stereocenters. The van der Waals surface area contributed by atoms with Crippen molar-refractivity contribution in [2.45, 2.75) is 0 Å². The third-order valence-electron chi connectivity index (χ3n) is 3.11. The molecule has 0 N–H and O–H groups in total. The second kappa shape index (κ2) is 5.60. The van der Waals surface area contributed by atoms with E-state index in [1.165, 1.54) is 11.8 Å². The summed E-state index contributed by atoms with van der Waals surface area (Å²) in [7, 11) is 2.97. The number of anilines is 1. The van der Waals surface area contributed by atoms with Crippen LogP contribution in [0.4, 0.5) is 10.5 Å². The van der Waals surface area contributed by atoms with Crippen molar-refractivity contribution in [3.63, 3.8) is 0 Å². The van der Waals surface area contributed by atoms with E-state index in [4.69, 9.17) is 0 Å². The van der Waals surface area contributed by atoms with E-state index in [9.17, 15) is 9.59 Å². The van der Waals surface area contributed by atoms with Crippen LogP contribution in [0.3, 0.4) is 0 Å². The number of carbonyl (C=O) groups is 1. The van der Waals surface area contributed by atoms with Crippen molar-refractivity contribution in [2.75, 3.05) is 38.2 Å². The standard InChI is InChI=1S/C11H15BrN4O3/c1-14-10(17)9(12)8(7-13-14)15-3-5-16(6-4-15)11(18)19-2/h7H,3-6H2,1-2H3. The van der Waals surface area contributed by atoms with E-state index >= 15 is 0 Å². The van der Waals surface area contributed by atoms with Gasteiger partial charge in [0.2, 0.25) is 0 Å². The Hall–Kier alpha value is -1.57. The molecule has 1 saturated heterocycles. The van der Waals surface area contributed by atoms with Crippen LogP contribution in [-0.4, -0.2) is 54.1 Å². The molecule has 0 saturated carbocycles. The predicted molar refractivity (Wildman–Crippen MR) is 73.4 cm³/mol. The molecular formula is C11H15BrN4O3. The van der Waals surface area contributed by atoms with Crippen molar-refractivity contribution >= 4 is 27.7 Å². The van der Waals surface area contributed by atoms with Gasteiger partial charge in [-0.3, -0.25) is 4.79 Å². The molecule has 1 amide bonds. The largest absolute Gasteiger partial charge is 0.453 e. The summed E-state index contributed by atoms with van der Waals surface area (Å²) in [4.78, 5) is 26.8. The Morgan fingerprint density at radius 1 is 1.37 bits per heavy atom. The summed E-state index contributed by atoms with van der Waals surface area (Å²) in [6.45, 7) is 2.41. The number of halogens is 1. The van der Waals surface area contributed by atoms with E-state index in [-0.39, 0.29) is 11.7 Å². The summed E-state index contributed by atoms with van der Waals surface area (Å²) in [5.74, 6) is 0. The number of nitrogens with zero attached hydrogens (tertiary/aromatic N) is 4. The summed E-state index contributed by atoms with van der Waals surface area (Å²) in [5.41, 5.74) is 0.584. The molecule has 1 fully saturated rings. The van der Waals surface area contributed by atoms with Crippen molar-refractivity contribution < 1.29 is 9.53 Å². The van der Waals surface area contributed by atoms with Gasteiger partial charge in [-0.2, -0.15) is 5.10 Å². The van der Waals surface area contributed by atoms with Gasteiger partial charge >= 0.3 is 6.09 Å². The third-order valence-corrected chi connectivity index (χ3v) is 3.86. The molecule has 1 aliphatic rings. The second-order valence-corrected chi connectivity index (χ2v) is 5.01. The first-order valence-electron chi connectivity index (χ1n) is 5.84. The molecule has 104 valence electrons. The summed E-state index contributed by atoms with van der Waals surface area (Å²) in [6, 6.07) is 0. The lowest BCUT2D eigenvalue weighted by molar-refractivity contribution is 0.121. The van der Waals surface area contributed by atoms with Crippen LogP contribution in [-0.2, 0) is 11.8 Å². The molecule has 2 rings (SSSR count). The van der Waals surface area contributed by atoms with Crippen molar-refractivity contribution in [3.05, 3.63) is 21.0 Å². The molecule has 1 aliphatic heterocycles. The predicted octanol–water partition coefficient (Wildman–Crippen LogP) is 0.431. The number of piperazine rings is 1. The highest BCUT2D eigenvalue weighted by molar-refractivity contribution is 9.10. The average molecular weight is 331 g/mol. The summed E-state index contributed by atoms with van der Waals surface area (Å²) in [5, 5.41) is 4.01. The Morgan fingerprint density at radius 2 is 2.00 bits per heavy atom. The highest BCUT2D eigenvalue weighted by Crippen LogP contribution is 2.22. The van der Waals surface area contributed by atoms with Gasteiger partial charge in [0, 0.05) is 33.2 Å². The number of aryl methyl sites for hydroxylation is 1. The minimum Gasteiger partial charge on any atom is -0.453 e. The van der Waals surface area contributed by atoms with Crippen LogP contribution in [0.1, 0.15) is 0 Å². The minimum atomic E-state index is -0.319. The molecule has 0 atom stereocenters. The quantitative estimate of drug-likeness (QED) is 0.747. The minimum absolute atomic E-state index is 0.173. The van der Waals surface area contributed by atoms with E-state index in [2.05, 4.69) is 25.8 Å². The highest BCUT2D eigenvalue weighted by Gasteiger charge is 2.23. The van der Waals surface area contributed by atoms with Gasteiger partial charge in [-0.15, -0.1) is 0 Å². The third kappa shape index (κ3) is 2.73.